The Bertz CT molecular complexity index is 767. The number of aromatic amines is 1. The number of imidazole rings is 1. The maximum Gasteiger partial charge on any atom is 0.191 e. The molecule has 0 radical (unpaired) electrons. The number of aromatic nitrogens is 2. The number of guanidine groups is 1. The Balaban J connectivity index is 1.60. The lowest BCUT2D eigenvalue weighted by molar-refractivity contribution is 0.0132. The minimum absolute atomic E-state index is 0.478. The van der Waals surface area contributed by atoms with E-state index in [9.17, 15) is 0 Å². The summed E-state index contributed by atoms with van der Waals surface area (Å²) in [6, 6.07) is 10.7. The van der Waals surface area contributed by atoms with Crippen LogP contribution in [0.15, 0.2) is 41.5 Å². The number of aliphatic imine (C=N–C) groups is 1. The highest BCUT2D eigenvalue weighted by Gasteiger charge is 2.22. The van der Waals surface area contributed by atoms with Gasteiger partial charge in [-0.15, -0.1) is 0 Å². The largest absolute Gasteiger partial charge is 0.379 e. The van der Waals surface area contributed by atoms with E-state index in [-0.39, 0.29) is 0 Å². The summed E-state index contributed by atoms with van der Waals surface area (Å²) < 4.78 is 5.53. The minimum atomic E-state index is 0.478. The van der Waals surface area contributed by atoms with E-state index in [1.54, 1.807) is 0 Å². The number of ether oxygens (including phenoxy) is 1. The molecule has 0 amide bonds. The van der Waals surface area contributed by atoms with E-state index in [1.807, 2.05) is 24.4 Å². The first-order valence-corrected chi connectivity index (χ1v) is 11.1. The third-order valence-electron chi connectivity index (χ3n) is 5.26. The summed E-state index contributed by atoms with van der Waals surface area (Å²) in [6.45, 7) is 12.5. The van der Waals surface area contributed by atoms with Crippen molar-refractivity contribution in [1.82, 2.24) is 25.5 Å². The zero-order chi connectivity index (χ0) is 21.2. The molecule has 1 aromatic carbocycles. The van der Waals surface area contributed by atoms with Crippen LogP contribution < -0.4 is 10.6 Å². The fraction of sp³-hybridized carbons (Fsp3) is 0.565. The van der Waals surface area contributed by atoms with Crippen LogP contribution in [0.3, 0.4) is 0 Å². The molecule has 0 spiro atoms. The summed E-state index contributed by atoms with van der Waals surface area (Å²) in [7, 11) is 0. The van der Waals surface area contributed by atoms with Crippen molar-refractivity contribution in [1.29, 1.82) is 0 Å². The number of hydrogen-bond donors (Lipinski definition) is 3. The molecule has 30 heavy (non-hydrogen) atoms. The van der Waals surface area contributed by atoms with Crippen molar-refractivity contribution in [3.63, 3.8) is 0 Å². The van der Waals surface area contributed by atoms with Gasteiger partial charge in [0.15, 0.2) is 5.96 Å². The van der Waals surface area contributed by atoms with Crippen molar-refractivity contribution in [2.24, 2.45) is 10.9 Å². The lowest BCUT2D eigenvalue weighted by atomic mass is 10.0. The third-order valence-corrected chi connectivity index (χ3v) is 5.26. The Morgan fingerprint density at radius 3 is 2.67 bits per heavy atom. The molecule has 7 nitrogen and oxygen atoms in total. The number of benzene rings is 1. The van der Waals surface area contributed by atoms with Crippen molar-refractivity contribution in [3.8, 4) is 11.3 Å². The summed E-state index contributed by atoms with van der Waals surface area (Å²) in [4.78, 5) is 15.2. The normalized spacial score (nSPS) is 16.6. The first-order valence-electron chi connectivity index (χ1n) is 11.1. The molecule has 3 rings (SSSR count). The third kappa shape index (κ3) is 6.85. The number of nitrogens with one attached hydrogen (secondary N) is 3. The first-order chi connectivity index (χ1) is 14.7. The molecule has 0 bridgehead atoms. The fourth-order valence-electron chi connectivity index (χ4n) is 3.77. The molecule has 1 atom stereocenters. The van der Waals surface area contributed by atoms with Gasteiger partial charge >= 0.3 is 0 Å². The monoisotopic (exact) mass is 412 g/mol. The average molecular weight is 413 g/mol. The second kappa shape index (κ2) is 11.7. The Morgan fingerprint density at radius 2 is 1.97 bits per heavy atom. The lowest BCUT2D eigenvalue weighted by Gasteiger charge is -2.35. The van der Waals surface area contributed by atoms with Gasteiger partial charge in [-0.05, 0) is 24.8 Å². The van der Waals surface area contributed by atoms with E-state index in [0.29, 0.717) is 18.5 Å². The Kier molecular flexibility index (Phi) is 8.71. The standard InChI is InChI=1S/C23H36N6O/c1-4-24-23(26-15-20(14-18(2)3)29-10-12-30-13-11-29)27-17-22-25-16-21(28-22)19-8-6-5-7-9-19/h5-9,16,18,20H,4,10-15,17H2,1-3H3,(H,25,28)(H2,24,26,27). The maximum absolute atomic E-state index is 5.53. The van der Waals surface area contributed by atoms with Crippen LogP contribution in [-0.2, 0) is 11.3 Å². The molecule has 1 aromatic heterocycles. The van der Waals surface area contributed by atoms with E-state index in [4.69, 9.17) is 9.73 Å². The van der Waals surface area contributed by atoms with Crippen LogP contribution in [0, 0.1) is 5.92 Å². The van der Waals surface area contributed by atoms with Gasteiger partial charge in [0.05, 0.1) is 25.1 Å². The van der Waals surface area contributed by atoms with Gasteiger partial charge in [-0.3, -0.25) is 4.90 Å². The van der Waals surface area contributed by atoms with Crippen LogP contribution in [0.5, 0.6) is 0 Å². The van der Waals surface area contributed by atoms with E-state index in [0.717, 1.165) is 68.9 Å². The van der Waals surface area contributed by atoms with Gasteiger partial charge in [-0.2, -0.15) is 0 Å². The summed E-state index contributed by atoms with van der Waals surface area (Å²) in [6.07, 6.45) is 3.03. The second-order valence-corrected chi connectivity index (χ2v) is 8.12. The molecule has 1 aliphatic heterocycles. The van der Waals surface area contributed by atoms with Crippen molar-refractivity contribution in [2.45, 2.75) is 39.8 Å². The van der Waals surface area contributed by atoms with Gasteiger partial charge in [0.25, 0.3) is 0 Å². The fourth-order valence-corrected chi connectivity index (χ4v) is 3.77. The summed E-state index contributed by atoms with van der Waals surface area (Å²) in [5.41, 5.74) is 2.15. The van der Waals surface area contributed by atoms with Crippen molar-refractivity contribution in [3.05, 3.63) is 42.4 Å². The molecule has 0 saturated carbocycles. The summed E-state index contributed by atoms with van der Waals surface area (Å²) in [5, 5.41) is 6.90. The van der Waals surface area contributed by atoms with Crippen molar-refractivity contribution < 1.29 is 4.74 Å². The Morgan fingerprint density at radius 1 is 1.20 bits per heavy atom. The molecular weight excluding hydrogens is 376 g/mol. The molecule has 1 unspecified atom stereocenters. The van der Waals surface area contributed by atoms with Crippen LogP contribution in [0.1, 0.15) is 33.0 Å². The Labute approximate surface area is 180 Å². The number of morpholine rings is 1. The average Bonchev–Trinajstić information content (AvgIpc) is 3.25. The van der Waals surface area contributed by atoms with Gasteiger partial charge in [-0.25, -0.2) is 9.98 Å². The number of rotatable bonds is 9. The first kappa shape index (κ1) is 22.3. The predicted octanol–water partition coefficient (Wildman–Crippen LogP) is 2.88. The number of nitrogens with zero attached hydrogens (tertiary/aromatic N) is 3. The van der Waals surface area contributed by atoms with Crippen molar-refractivity contribution in [2.75, 3.05) is 39.4 Å². The highest BCUT2D eigenvalue weighted by Crippen LogP contribution is 2.16. The number of hydrogen-bond acceptors (Lipinski definition) is 4. The zero-order valence-corrected chi connectivity index (χ0v) is 18.5. The molecule has 2 heterocycles. The van der Waals surface area contributed by atoms with Crippen LogP contribution in [-0.4, -0.2) is 66.3 Å². The molecule has 1 saturated heterocycles. The van der Waals surface area contributed by atoms with Gasteiger partial charge in [-0.1, -0.05) is 44.2 Å². The molecular formula is C23H36N6O. The van der Waals surface area contributed by atoms with E-state index in [1.165, 1.54) is 0 Å². The molecule has 3 N–H and O–H groups in total. The van der Waals surface area contributed by atoms with E-state index >= 15 is 0 Å². The van der Waals surface area contributed by atoms with Gasteiger partial charge in [0.1, 0.15) is 12.4 Å². The summed E-state index contributed by atoms with van der Waals surface area (Å²) >= 11 is 0. The van der Waals surface area contributed by atoms with E-state index < -0.39 is 0 Å². The summed E-state index contributed by atoms with van der Waals surface area (Å²) in [5.74, 6) is 2.34. The van der Waals surface area contributed by atoms with Gasteiger partial charge < -0.3 is 20.4 Å². The van der Waals surface area contributed by atoms with Crippen LogP contribution in [0.25, 0.3) is 11.3 Å². The quantitative estimate of drug-likeness (QED) is 0.436. The molecule has 1 aliphatic rings. The predicted molar refractivity (Wildman–Crippen MR) is 122 cm³/mol. The van der Waals surface area contributed by atoms with Crippen LogP contribution in [0.2, 0.25) is 0 Å². The van der Waals surface area contributed by atoms with Crippen LogP contribution in [0.4, 0.5) is 0 Å². The molecule has 0 aliphatic carbocycles. The molecule has 1 fully saturated rings. The molecule has 7 heteroatoms. The van der Waals surface area contributed by atoms with E-state index in [2.05, 4.69) is 58.4 Å². The van der Waals surface area contributed by atoms with Crippen LogP contribution >= 0.6 is 0 Å². The van der Waals surface area contributed by atoms with Gasteiger partial charge in [0, 0.05) is 32.2 Å². The SMILES string of the molecule is CCNC(=NCc1ncc(-c2ccccc2)[nH]1)NCC(CC(C)C)N1CCOCC1. The zero-order valence-electron chi connectivity index (χ0n) is 18.5. The topological polar surface area (TPSA) is 77.6 Å². The minimum Gasteiger partial charge on any atom is -0.379 e. The maximum atomic E-state index is 5.53. The van der Waals surface area contributed by atoms with Gasteiger partial charge in [0.2, 0.25) is 0 Å². The molecule has 2 aromatic rings. The highest BCUT2D eigenvalue weighted by atomic mass is 16.5. The lowest BCUT2D eigenvalue weighted by Crippen LogP contribution is -2.51. The molecule has 164 valence electrons. The Hall–Kier alpha value is -2.38. The van der Waals surface area contributed by atoms with Crippen molar-refractivity contribution >= 4 is 5.96 Å². The number of H-pyrrole nitrogens is 1. The second-order valence-electron chi connectivity index (χ2n) is 8.12. The highest BCUT2D eigenvalue weighted by molar-refractivity contribution is 5.79. The smallest absolute Gasteiger partial charge is 0.191 e.